The van der Waals surface area contributed by atoms with E-state index in [0.717, 1.165) is 4.31 Å². The number of carbonyl (C=O) groups excluding carboxylic acids is 3. The van der Waals surface area contributed by atoms with E-state index < -0.39 is 28.4 Å². The highest BCUT2D eigenvalue weighted by Gasteiger charge is 2.23. The number of nitrogens with zero attached hydrogens (tertiary/aromatic N) is 1. The molecule has 0 aliphatic carbocycles. The van der Waals surface area contributed by atoms with Crippen LogP contribution in [0.2, 0.25) is 5.02 Å². The highest BCUT2D eigenvalue weighted by atomic mass is 35.5. The summed E-state index contributed by atoms with van der Waals surface area (Å²) in [6.45, 7) is 0.844. The number of nitrogens with one attached hydrogen (secondary N) is 2. The number of benzene rings is 2. The van der Waals surface area contributed by atoms with Crippen molar-refractivity contribution in [2.75, 3.05) is 13.6 Å². The molecule has 0 saturated heterocycles. The maximum absolute atomic E-state index is 12.5. The third-order valence-corrected chi connectivity index (χ3v) is 5.92. The van der Waals surface area contributed by atoms with Crippen molar-refractivity contribution >= 4 is 39.2 Å². The lowest BCUT2D eigenvalue weighted by Crippen LogP contribution is -2.46. The van der Waals surface area contributed by atoms with E-state index in [4.69, 9.17) is 11.6 Å². The molecular formula is C18H18ClN3O5S. The molecule has 0 spiro atoms. The van der Waals surface area contributed by atoms with E-state index in [1.165, 1.54) is 50.4 Å². The monoisotopic (exact) mass is 423 g/mol. The fraction of sp³-hybridized carbons (Fsp3) is 0.167. The molecule has 2 amide bonds. The summed E-state index contributed by atoms with van der Waals surface area (Å²) in [7, 11) is -2.72. The van der Waals surface area contributed by atoms with Gasteiger partial charge in [0, 0.05) is 12.6 Å². The van der Waals surface area contributed by atoms with Gasteiger partial charge in [0.05, 0.1) is 22.0 Å². The molecule has 2 aromatic carbocycles. The maximum Gasteiger partial charge on any atom is 0.271 e. The van der Waals surface area contributed by atoms with Crippen molar-refractivity contribution in [3.05, 3.63) is 64.7 Å². The first-order valence-corrected chi connectivity index (χ1v) is 9.86. The van der Waals surface area contributed by atoms with E-state index in [-0.39, 0.29) is 21.3 Å². The molecule has 8 nitrogen and oxygen atoms in total. The number of amides is 2. The number of hydrazine groups is 1. The minimum absolute atomic E-state index is 0.0621. The Bertz CT molecular complexity index is 1010. The Kier molecular flexibility index (Phi) is 6.90. The second-order valence-electron chi connectivity index (χ2n) is 5.82. The smallest absolute Gasteiger partial charge is 0.271 e. The van der Waals surface area contributed by atoms with Crippen LogP contribution in [-0.4, -0.2) is 43.9 Å². The number of sulfonamides is 1. The van der Waals surface area contributed by atoms with E-state index in [2.05, 4.69) is 10.9 Å². The van der Waals surface area contributed by atoms with Crippen LogP contribution >= 0.6 is 11.6 Å². The fourth-order valence-corrected chi connectivity index (χ4v) is 3.56. The molecule has 2 N–H and O–H groups in total. The SMILES string of the molecule is CC(=O)c1ccc(S(=O)(=O)N(C)CC(=O)NNC(=O)c2ccccc2Cl)cc1. The van der Waals surface area contributed by atoms with Gasteiger partial charge < -0.3 is 0 Å². The lowest BCUT2D eigenvalue weighted by Gasteiger charge is -2.17. The summed E-state index contributed by atoms with van der Waals surface area (Å²) in [4.78, 5) is 35.2. The molecule has 0 fully saturated rings. The summed E-state index contributed by atoms with van der Waals surface area (Å²) in [5, 5.41) is 0.211. The zero-order valence-electron chi connectivity index (χ0n) is 15.1. The molecule has 0 radical (unpaired) electrons. The van der Waals surface area contributed by atoms with Gasteiger partial charge in [-0.1, -0.05) is 35.9 Å². The number of halogens is 1. The van der Waals surface area contributed by atoms with Crippen molar-refractivity contribution in [2.24, 2.45) is 0 Å². The van der Waals surface area contributed by atoms with E-state index in [1.807, 2.05) is 0 Å². The molecule has 0 aliphatic heterocycles. The van der Waals surface area contributed by atoms with Crippen LogP contribution in [0.3, 0.4) is 0 Å². The Hall–Kier alpha value is -2.75. The van der Waals surface area contributed by atoms with E-state index >= 15 is 0 Å². The number of Topliss-reactive ketones (excluding diaryl/α,β-unsaturated/α-hetero) is 1. The third kappa shape index (κ3) is 5.16. The molecule has 148 valence electrons. The number of likely N-dealkylation sites (N-methyl/N-ethyl adjacent to an activating group) is 1. The van der Waals surface area contributed by atoms with Crippen molar-refractivity contribution in [1.82, 2.24) is 15.2 Å². The molecule has 2 rings (SSSR count). The van der Waals surface area contributed by atoms with Crippen molar-refractivity contribution in [1.29, 1.82) is 0 Å². The number of carbonyl (C=O) groups is 3. The van der Waals surface area contributed by atoms with Gasteiger partial charge in [-0.25, -0.2) is 8.42 Å². The van der Waals surface area contributed by atoms with Crippen molar-refractivity contribution in [3.8, 4) is 0 Å². The average Bonchev–Trinajstić information content (AvgIpc) is 2.66. The summed E-state index contributed by atoms with van der Waals surface area (Å²) in [5.74, 6) is -1.57. The number of hydrogen-bond acceptors (Lipinski definition) is 5. The second-order valence-corrected chi connectivity index (χ2v) is 8.28. The highest BCUT2D eigenvalue weighted by Crippen LogP contribution is 2.16. The van der Waals surface area contributed by atoms with Crippen LogP contribution in [0.1, 0.15) is 27.6 Å². The van der Waals surface area contributed by atoms with Gasteiger partial charge in [0.2, 0.25) is 10.0 Å². The van der Waals surface area contributed by atoms with Crippen LogP contribution < -0.4 is 10.9 Å². The maximum atomic E-state index is 12.5. The topological polar surface area (TPSA) is 113 Å². The molecule has 28 heavy (non-hydrogen) atoms. The molecule has 0 aliphatic rings. The minimum Gasteiger partial charge on any atom is -0.295 e. The predicted molar refractivity (Wildman–Crippen MR) is 103 cm³/mol. The van der Waals surface area contributed by atoms with E-state index in [0.29, 0.717) is 5.56 Å². The molecular weight excluding hydrogens is 406 g/mol. The van der Waals surface area contributed by atoms with E-state index in [1.54, 1.807) is 12.1 Å². The quantitative estimate of drug-likeness (QED) is 0.541. The lowest BCUT2D eigenvalue weighted by atomic mass is 10.2. The average molecular weight is 424 g/mol. The van der Waals surface area contributed by atoms with Gasteiger partial charge in [-0.05, 0) is 31.2 Å². The Balaban J connectivity index is 1.98. The summed E-state index contributed by atoms with van der Waals surface area (Å²) < 4.78 is 25.8. The van der Waals surface area contributed by atoms with Crippen LogP contribution in [-0.2, 0) is 14.8 Å². The van der Waals surface area contributed by atoms with Crippen molar-refractivity contribution in [3.63, 3.8) is 0 Å². The standard InChI is InChI=1S/C18H18ClN3O5S/c1-12(23)13-7-9-14(10-8-13)28(26,27)22(2)11-17(24)20-21-18(25)15-5-3-4-6-16(15)19/h3-10H,11H2,1-2H3,(H,20,24)(H,21,25). The van der Waals surface area contributed by atoms with Gasteiger partial charge in [-0.3, -0.25) is 25.2 Å². The molecule has 10 heteroatoms. The summed E-state index contributed by atoms with van der Waals surface area (Å²) in [6, 6.07) is 11.6. The van der Waals surface area contributed by atoms with Crippen LogP contribution in [0.15, 0.2) is 53.4 Å². The molecule has 0 bridgehead atoms. The summed E-state index contributed by atoms with van der Waals surface area (Å²) in [5.41, 5.74) is 4.85. The summed E-state index contributed by atoms with van der Waals surface area (Å²) >= 11 is 5.89. The zero-order chi connectivity index (χ0) is 20.9. The lowest BCUT2D eigenvalue weighted by molar-refractivity contribution is -0.121. The van der Waals surface area contributed by atoms with Crippen LogP contribution in [0.25, 0.3) is 0 Å². The Labute approximate surface area is 167 Å². The van der Waals surface area contributed by atoms with Crippen molar-refractivity contribution < 1.29 is 22.8 Å². The first kappa shape index (κ1) is 21.5. The number of hydrogen-bond donors (Lipinski definition) is 2. The van der Waals surface area contributed by atoms with E-state index in [9.17, 15) is 22.8 Å². The normalized spacial score (nSPS) is 11.1. The summed E-state index contributed by atoms with van der Waals surface area (Å²) in [6.07, 6.45) is 0. The second kappa shape index (κ2) is 8.96. The minimum atomic E-state index is -3.95. The highest BCUT2D eigenvalue weighted by molar-refractivity contribution is 7.89. The van der Waals surface area contributed by atoms with Crippen LogP contribution in [0.4, 0.5) is 0 Å². The zero-order valence-corrected chi connectivity index (χ0v) is 16.7. The van der Waals surface area contributed by atoms with Crippen LogP contribution in [0.5, 0.6) is 0 Å². The van der Waals surface area contributed by atoms with Gasteiger partial charge >= 0.3 is 0 Å². The third-order valence-electron chi connectivity index (χ3n) is 3.77. The van der Waals surface area contributed by atoms with Gasteiger partial charge in [-0.15, -0.1) is 0 Å². The van der Waals surface area contributed by atoms with Gasteiger partial charge in [0.15, 0.2) is 5.78 Å². The predicted octanol–water partition coefficient (Wildman–Crippen LogP) is 1.62. The molecule has 0 saturated carbocycles. The molecule has 2 aromatic rings. The molecule has 0 aromatic heterocycles. The van der Waals surface area contributed by atoms with Gasteiger partial charge in [0.25, 0.3) is 11.8 Å². The Morgan fingerprint density at radius 2 is 1.61 bits per heavy atom. The molecule has 0 unspecified atom stereocenters. The Morgan fingerprint density at radius 1 is 1.00 bits per heavy atom. The first-order valence-electron chi connectivity index (χ1n) is 8.04. The first-order chi connectivity index (χ1) is 13.1. The fourth-order valence-electron chi connectivity index (χ4n) is 2.21. The largest absolute Gasteiger partial charge is 0.295 e. The van der Waals surface area contributed by atoms with Crippen molar-refractivity contribution in [2.45, 2.75) is 11.8 Å². The number of ketones is 1. The van der Waals surface area contributed by atoms with Gasteiger partial charge in [-0.2, -0.15) is 4.31 Å². The van der Waals surface area contributed by atoms with Crippen LogP contribution in [0, 0.1) is 0 Å². The number of rotatable bonds is 6. The van der Waals surface area contributed by atoms with Gasteiger partial charge in [0.1, 0.15) is 0 Å². The molecule has 0 atom stereocenters. The molecule has 0 heterocycles. The Morgan fingerprint density at radius 3 is 2.18 bits per heavy atom.